The molecule has 0 saturated carbocycles. The van der Waals surface area contributed by atoms with Crippen molar-refractivity contribution in [2.75, 3.05) is 23.7 Å². The summed E-state index contributed by atoms with van der Waals surface area (Å²) < 4.78 is 7.77. The first kappa shape index (κ1) is 21.8. The zero-order valence-electron chi connectivity index (χ0n) is 18.5. The van der Waals surface area contributed by atoms with Gasteiger partial charge in [-0.05, 0) is 42.0 Å². The van der Waals surface area contributed by atoms with Crippen LogP contribution in [0.4, 0.5) is 16.4 Å². The Balaban J connectivity index is 1.20. The molecule has 0 unspecified atom stereocenters. The van der Waals surface area contributed by atoms with Gasteiger partial charge in [0, 0.05) is 44.6 Å². The van der Waals surface area contributed by atoms with Crippen LogP contribution in [0.2, 0.25) is 5.02 Å². The summed E-state index contributed by atoms with van der Waals surface area (Å²) in [6.45, 7) is 1.85. The van der Waals surface area contributed by atoms with Gasteiger partial charge in [0.15, 0.2) is 0 Å². The lowest BCUT2D eigenvalue weighted by atomic mass is 10.1. The highest BCUT2D eigenvalue weighted by atomic mass is 35.5. The van der Waals surface area contributed by atoms with Crippen molar-refractivity contribution in [2.45, 2.75) is 12.6 Å². The molecule has 3 heterocycles. The number of carbonyl (C=O) groups excluding carboxylic acids is 1. The van der Waals surface area contributed by atoms with Crippen LogP contribution >= 0.6 is 11.6 Å². The van der Waals surface area contributed by atoms with Gasteiger partial charge in [0.1, 0.15) is 5.75 Å². The van der Waals surface area contributed by atoms with Crippen LogP contribution in [0.25, 0.3) is 11.0 Å². The first-order valence-corrected chi connectivity index (χ1v) is 11.2. The zero-order chi connectivity index (χ0) is 23.7. The number of pyridine rings is 1. The van der Waals surface area contributed by atoms with E-state index in [1.54, 1.807) is 23.2 Å². The summed E-state index contributed by atoms with van der Waals surface area (Å²) in [5, 5.41) is 7.41. The second kappa shape index (κ2) is 9.11. The maximum Gasteiger partial charge on any atom is 0.314 e. The fourth-order valence-electron chi connectivity index (χ4n) is 3.82. The van der Waals surface area contributed by atoms with E-state index in [1.807, 2.05) is 48.0 Å². The average molecular weight is 478 g/mol. The highest BCUT2D eigenvalue weighted by Gasteiger charge is 2.29. The number of urea groups is 1. The predicted molar refractivity (Wildman–Crippen MR) is 132 cm³/mol. The molecular formula is C24H24ClN7O2. The van der Waals surface area contributed by atoms with Crippen LogP contribution in [0.15, 0.2) is 60.8 Å². The average Bonchev–Trinajstić information content (AvgIpc) is 3.12. The predicted octanol–water partition coefficient (Wildman–Crippen LogP) is 4.20. The molecule has 4 aromatic rings. The molecule has 2 aromatic heterocycles. The quantitative estimate of drug-likeness (QED) is 0.368. The monoisotopic (exact) mass is 477 g/mol. The minimum Gasteiger partial charge on any atom is -0.439 e. The molecule has 1 aliphatic rings. The van der Waals surface area contributed by atoms with E-state index in [0.717, 1.165) is 28.2 Å². The fourth-order valence-corrected chi connectivity index (χ4v) is 3.93. The number of rotatable bonds is 7. The molecule has 10 heteroatoms. The number of aryl methyl sites for hydroxylation is 1. The third kappa shape index (κ3) is 4.69. The van der Waals surface area contributed by atoms with Gasteiger partial charge in [0.25, 0.3) is 0 Å². The number of imidazole rings is 1. The van der Waals surface area contributed by atoms with Crippen LogP contribution < -0.4 is 21.1 Å². The zero-order valence-corrected chi connectivity index (χ0v) is 19.3. The maximum absolute atomic E-state index is 11.2. The van der Waals surface area contributed by atoms with Crippen molar-refractivity contribution in [2.24, 2.45) is 12.8 Å². The molecule has 0 bridgehead atoms. The van der Waals surface area contributed by atoms with Crippen molar-refractivity contribution in [3.05, 3.63) is 71.4 Å². The van der Waals surface area contributed by atoms with Crippen LogP contribution in [0.3, 0.4) is 0 Å². The number of aromatic nitrogens is 3. The third-order valence-corrected chi connectivity index (χ3v) is 5.97. The van der Waals surface area contributed by atoms with Gasteiger partial charge in [-0.15, -0.1) is 0 Å². The molecule has 2 aromatic carbocycles. The Bertz CT molecular complexity index is 1320. The number of ether oxygens (including phenoxy) is 1. The number of amides is 2. The Hall–Kier alpha value is -3.98. The normalized spacial score (nSPS) is 13.5. The van der Waals surface area contributed by atoms with E-state index in [2.05, 4.69) is 21.7 Å². The van der Waals surface area contributed by atoms with Crippen LogP contribution in [0, 0.1) is 0 Å². The van der Waals surface area contributed by atoms with Crippen molar-refractivity contribution in [3.63, 3.8) is 0 Å². The fraction of sp³-hybridized carbons (Fsp3) is 0.208. The molecule has 0 atom stereocenters. The van der Waals surface area contributed by atoms with Crippen LogP contribution in [-0.4, -0.2) is 44.6 Å². The van der Waals surface area contributed by atoms with E-state index in [4.69, 9.17) is 27.1 Å². The van der Waals surface area contributed by atoms with Gasteiger partial charge >= 0.3 is 6.03 Å². The van der Waals surface area contributed by atoms with Gasteiger partial charge in [0.05, 0.1) is 22.1 Å². The second-order valence-electron chi connectivity index (χ2n) is 8.20. The molecule has 0 spiro atoms. The second-order valence-corrected chi connectivity index (χ2v) is 8.63. The van der Waals surface area contributed by atoms with Crippen LogP contribution in [0.1, 0.15) is 5.56 Å². The highest BCUT2D eigenvalue weighted by Crippen LogP contribution is 2.25. The van der Waals surface area contributed by atoms with E-state index in [9.17, 15) is 4.79 Å². The largest absolute Gasteiger partial charge is 0.439 e. The number of hydrogen-bond acceptors (Lipinski definition) is 6. The molecule has 1 saturated heterocycles. The Morgan fingerprint density at radius 2 is 1.97 bits per heavy atom. The Morgan fingerprint density at radius 1 is 1.18 bits per heavy atom. The molecular weight excluding hydrogens is 454 g/mol. The van der Waals surface area contributed by atoms with Gasteiger partial charge in [-0.25, -0.2) is 14.8 Å². The molecule has 1 fully saturated rings. The smallest absolute Gasteiger partial charge is 0.314 e. The number of carbonyl (C=O) groups is 1. The minimum atomic E-state index is -0.378. The molecule has 4 N–H and O–H groups in total. The lowest BCUT2D eigenvalue weighted by Gasteiger charge is -2.38. The number of anilines is 2. The van der Waals surface area contributed by atoms with E-state index in [0.29, 0.717) is 36.3 Å². The molecule has 2 amide bonds. The Labute approximate surface area is 201 Å². The molecule has 1 aliphatic heterocycles. The standard InChI is InChI=1S/C24H24ClN7O2/c1-31-21-10-17(29-18-13-32(14-18)23(26)33)5-8-20(21)30-24(31)28-11-15-2-6-19(7-3-15)34-22-9-4-16(25)12-27-22/h2-10,12,18,29H,11,13-14H2,1H3,(H2,26,33)(H,28,30). The Kier molecular flexibility index (Phi) is 5.85. The summed E-state index contributed by atoms with van der Waals surface area (Å²) in [7, 11) is 1.98. The summed E-state index contributed by atoms with van der Waals surface area (Å²) in [5.41, 5.74) is 9.29. The first-order chi connectivity index (χ1) is 16.4. The van der Waals surface area contributed by atoms with Gasteiger partial charge in [-0.2, -0.15) is 0 Å². The third-order valence-electron chi connectivity index (χ3n) is 5.74. The van der Waals surface area contributed by atoms with Gasteiger partial charge in [-0.3, -0.25) is 0 Å². The van der Waals surface area contributed by atoms with Crippen molar-refractivity contribution >= 4 is 40.3 Å². The molecule has 34 heavy (non-hydrogen) atoms. The van der Waals surface area contributed by atoms with Crippen molar-refractivity contribution in [1.29, 1.82) is 0 Å². The van der Waals surface area contributed by atoms with Gasteiger partial charge in [-0.1, -0.05) is 23.7 Å². The minimum absolute atomic E-state index is 0.207. The number of nitrogens with one attached hydrogen (secondary N) is 2. The van der Waals surface area contributed by atoms with Gasteiger partial charge in [0.2, 0.25) is 11.8 Å². The Morgan fingerprint density at radius 3 is 2.68 bits per heavy atom. The number of halogens is 1. The molecule has 5 rings (SSSR count). The summed E-state index contributed by atoms with van der Waals surface area (Å²) in [4.78, 5) is 21.6. The van der Waals surface area contributed by atoms with Gasteiger partial charge < -0.3 is 30.6 Å². The lowest BCUT2D eigenvalue weighted by Crippen LogP contribution is -2.58. The highest BCUT2D eigenvalue weighted by molar-refractivity contribution is 6.30. The number of benzene rings is 2. The van der Waals surface area contributed by atoms with E-state index >= 15 is 0 Å². The maximum atomic E-state index is 11.2. The van der Waals surface area contributed by atoms with Crippen molar-refractivity contribution in [3.8, 4) is 11.6 Å². The first-order valence-electron chi connectivity index (χ1n) is 10.8. The summed E-state index contributed by atoms with van der Waals surface area (Å²) in [6, 6.07) is 17.2. The van der Waals surface area contributed by atoms with Crippen molar-refractivity contribution in [1.82, 2.24) is 19.4 Å². The van der Waals surface area contributed by atoms with Crippen LogP contribution in [-0.2, 0) is 13.6 Å². The topological polar surface area (TPSA) is 110 Å². The molecule has 0 radical (unpaired) electrons. The van der Waals surface area contributed by atoms with E-state index < -0.39 is 0 Å². The van der Waals surface area contributed by atoms with Crippen LogP contribution in [0.5, 0.6) is 11.6 Å². The molecule has 9 nitrogen and oxygen atoms in total. The molecule has 174 valence electrons. The number of nitrogens with zero attached hydrogens (tertiary/aromatic N) is 4. The number of primary amides is 1. The summed E-state index contributed by atoms with van der Waals surface area (Å²) in [6.07, 6.45) is 1.55. The summed E-state index contributed by atoms with van der Waals surface area (Å²) >= 11 is 5.86. The van der Waals surface area contributed by atoms with E-state index in [-0.39, 0.29) is 12.1 Å². The van der Waals surface area contributed by atoms with E-state index in [1.165, 1.54) is 0 Å². The lowest BCUT2D eigenvalue weighted by molar-refractivity contribution is 0.167. The van der Waals surface area contributed by atoms with Crippen molar-refractivity contribution < 1.29 is 9.53 Å². The number of likely N-dealkylation sites (tertiary alicyclic amines) is 1. The number of hydrogen-bond donors (Lipinski definition) is 3. The molecule has 0 aliphatic carbocycles. The number of nitrogens with two attached hydrogens (primary N) is 1. The summed E-state index contributed by atoms with van der Waals surface area (Å²) in [5.74, 6) is 1.97. The number of fused-ring (bicyclic) bond motifs is 1. The SMILES string of the molecule is Cn1c(NCc2ccc(Oc3ccc(Cl)cn3)cc2)nc2ccc(NC3CN(C(N)=O)C3)cc21.